The predicted octanol–water partition coefficient (Wildman–Crippen LogP) is 5.12. The molecule has 0 unspecified atom stereocenters. The first kappa shape index (κ1) is 22.1. The minimum atomic E-state index is -0.250. The van der Waals surface area contributed by atoms with Gasteiger partial charge in [0, 0.05) is 28.7 Å². The molecule has 0 aliphatic heterocycles. The zero-order chi connectivity index (χ0) is 23.2. The highest BCUT2D eigenvalue weighted by Gasteiger charge is 2.17. The molecule has 0 bridgehead atoms. The highest BCUT2D eigenvalue weighted by atomic mass is 16.5. The zero-order valence-electron chi connectivity index (χ0n) is 18.8. The molecule has 0 radical (unpaired) electrons. The molecule has 0 atom stereocenters. The zero-order valence-corrected chi connectivity index (χ0v) is 18.8. The lowest BCUT2D eigenvalue weighted by Crippen LogP contribution is -2.37. The number of nitrogens with one attached hydrogen (secondary N) is 2. The van der Waals surface area contributed by atoms with Gasteiger partial charge in [-0.15, -0.1) is 0 Å². The molecule has 1 heterocycles. The van der Waals surface area contributed by atoms with Crippen LogP contribution in [0.4, 0.5) is 10.5 Å². The third-order valence-electron chi connectivity index (χ3n) is 5.71. The van der Waals surface area contributed by atoms with Crippen LogP contribution < -0.4 is 15.6 Å². The number of aromatic nitrogens is 1. The number of nitrogens with zero attached hydrogens (tertiary/aromatic N) is 1. The molecule has 3 aromatic carbocycles. The Morgan fingerprint density at radius 1 is 0.970 bits per heavy atom. The van der Waals surface area contributed by atoms with Crippen LogP contribution in [0.25, 0.3) is 10.9 Å². The molecule has 0 fully saturated rings. The van der Waals surface area contributed by atoms with Crippen LogP contribution in [-0.2, 0) is 13.0 Å². The second kappa shape index (κ2) is 10.0. The summed E-state index contributed by atoms with van der Waals surface area (Å²) in [7, 11) is 1.61. The molecule has 0 saturated heterocycles. The van der Waals surface area contributed by atoms with Crippen molar-refractivity contribution < 1.29 is 9.53 Å². The highest BCUT2D eigenvalue weighted by molar-refractivity contribution is 5.89. The molecule has 0 spiro atoms. The van der Waals surface area contributed by atoms with Crippen LogP contribution in [0.1, 0.15) is 16.7 Å². The molecule has 33 heavy (non-hydrogen) atoms. The normalized spacial score (nSPS) is 10.7. The first-order chi connectivity index (χ1) is 16.0. The molecule has 1 aromatic heterocycles. The Kier molecular flexibility index (Phi) is 6.74. The second-order valence-corrected chi connectivity index (χ2v) is 7.97. The largest absolute Gasteiger partial charge is 0.497 e. The molecular weight excluding hydrogens is 414 g/mol. The summed E-state index contributed by atoms with van der Waals surface area (Å²) in [6, 6.07) is 24.5. The lowest BCUT2D eigenvalue weighted by Gasteiger charge is -2.23. The van der Waals surface area contributed by atoms with Gasteiger partial charge >= 0.3 is 6.03 Å². The number of carbonyl (C=O) groups excluding carboxylic acids is 1. The van der Waals surface area contributed by atoms with Crippen LogP contribution in [0.2, 0.25) is 0 Å². The number of H-pyrrole nitrogens is 1. The number of hydrogen-bond acceptors (Lipinski definition) is 3. The lowest BCUT2D eigenvalue weighted by atomic mass is 10.1. The van der Waals surface area contributed by atoms with Gasteiger partial charge in [-0.2, -0.15) is 0 Å². The average molecular weight is 442 g/mol. The maximum atomic E-state index is 13.2. The summed E-state index contributed by atoms with van der Waals surface area (Å²) in [6.45, 7) is 2.72. The number of hydrogen-bond donors (Lipinski definition) is 2. The fourth-order valence-electron chi connectivity index (χ4n) is 3.80. The van der Waals surface area contributed by atoms with E-state index in [2.05, 4.69) is 29.4 Å². The summed E-state index contributed by atoms with van der Waals surface area (Å²) in [5, 5.41) is 3.80. The first-order valence-corrected chi connectivity index (χ1v) is 10.9. The van der Waals surface area contributed by atoms with Crippen LogP contribution >= 0.6 is 0 Å². The molecule has 0 saturated carbocycles. The number of ether oxygens (including phenoxy) is 1. The van der Waals surface area contributed by atoms with E-state index in [1.807, 2.05) is 60.7 Å². The van der Waals surface area contributed by atoms with Gasteiger partial charge in [-0.3, -0.25) is 4.79 Å². The number of pyridine rings is 1. The van der Waals surface area contributed by atoms with Gasteiger partial charge in [0.1, 0.15) is 5.75 Å². The van der Waals surface area contributed by atoms with Crippen LogP contribution in [0, 0.1) is 6.92 Å². The van der Waals surface area contributed by atoms with Gasteiger partial charge in [0.25, 0.3) is 5.56 Å². The van der Waals surface area contributed by atoms with E-state index >= 15 is 0 Å². The van der Waals surface area contributed by atoms with Crippen LogP contribution in [0.3, 0.4) is 0 Å². The Balaban J connectivity index is 1.62. The van der Waals surface area contributed by atoms with Crippen molar-refractivity contribution in [3.05, 3.63) is 106 Å². The van der Waals surface area contributed by atoms with Crippen molar-refractivity contribution in [2.75, 3.05) is 19.0 Å². The number of rotatable bonds is 7. The molecule has 0 aliphatic carbocycles. The van der Waals surface area contributed by atoms with E-state index in [0.717, 1.165) is 10.9 Å². The Labute approximate surface area is 192 Å². The van der Waals surface area contributed by atoms with E-state index in [1.165, 1.54) is 11.1 Å². The van der Waals surface area contributed by atoms with Crippen molar-refractivity contribution >= 4 is 22.6 Å². The van der Waals surface area contributed by atoms with Crippen molar-refractivity contribution in [1.29, 1.82) is 0 Å². The number of aromatic amines is 1. The SMILES string of the molecule is COc1ccc2[nH]c(=O)c(CN(CCc3ccccc3C)C(=O)Nc3ccccc3)cc2c1. The average Bonchev–Trinajstić information content (AvgIpc) is 2.83. The van der Waals surface area contributed by atoms with Crippen LogP contribution in [-0.4, -0.2) is 29.6 Å². The van der Waals surface area contributed by atoms with Crippen molar-refractivity contribution in [2.45, 2.75) is 19.9 Å². The van der Waals surface area contributed by atoms with Crippen molar-refractivity contribution in [3.8, 4) is 5.75 Å². The van der Waals surface area contributed by atoms with Gasteiger partial charge in [-0.05, 0) is 60.9 Å². The van der Waals surface area contributed by atoms with Crippen molar-refractivity contribution in [3.63, 3.8) is 0 Å². The van der Waals surface area contributed by atoms with E-state index in [0.29, 0.717) is 30.0 Å². The molecule has 6 heteroatoms. The third-order valence-corrected chi connectivity index (χ3v) is 5.71. The summed E-state index contributed by atoms with van der Waals surface area (Å²) in [6.07, 6.45) is 0.689. The monoisotopic (exact) mass is 441 g/mol. The first-order valence-electron chi connectivity index (χ1n) is 10.9. The van der Waals surface area contributed by atoms with Gasteiger partial charge in [-0.1, -0.05) is 42.5 Å². The Hall–Kier alpha value is -4.06. The van der Waals surface area contributed by atoms with Gasteiger partial charge < -0.3 is 19.9 Å². The molecule has 168 valence electrons. The van der Waals surface area contributed by atoms with Crippen LogP contribution in [0.5, 0.6) is 5.75 Å². The Bertz CT molecular complexity index is 1320. The number of benzene rings is 3. The molecule has 0 aliphatic rings. The van der Waals surface area contributed by atoms with Gasteiger partial charge in [0.15, 0.2) is 0 Å². The van der Waals surface area contributed by atoms with Crippen molar-refractivity contribution in [1.82, 2.24) is 9.88 Å². The number of amides is 2. The van der Waals surface area contributed by atoms with E-state index in [-0.39, 0.29) is 18.1 Å². The summed E-state index contributed by atoms with van der Waals surface area (Å²) < 4.78 is 5.31. The minimum Gasteiger partial charge on any atom is -0.497 e. The highest BCUT2D eigenvalue weighted by Crippen LogP contribution is 2.20. The number of urea groups is 1. The van der Waals surface area contributed by atoms with E-state index < -0.39 is 0 Å². The topological polar surface area (TPSA) is 74.4 Å². The number of para-hydroxylation sites is 1. The van der Waals surface area contributed by atoms with Gasteiger partial charge in [-0.25, -0.2) is 4.79 Å². The molecule has 6 nitrogen and oxygen atoms in total. The number of anilines is 1. The quantitative estimate of drug-likeness (QED) is 0.418. The molecule has 4 aromatic rings. The molecule has 4 rings (SSSR count). The van der Waals surface area contributed by atoms with Crippen LogP contribution in [0.15, 0.2) is 83.7 Å². The Morgan fingerprint density at radius 3 is 2.48 bits per heavy atom. The number of carbonyl (C=O) groups is 1. The summed E-state index contributed by atoms with van der Waals surface area (Å²) in [5.41, 5.74) is 4.10. The second-order valence-electron chi connectivity index (χ2n) is 7.97. The molecular formula is C27H27N3O3. The lowest BCUT2D eigenvalue weighted by molar-refractivity contribution is 0.209. The molecule has 2 N–H and O–H groups in total. The minimum absolute atomic E-state index is 0.188. The number of aryl methyl sites for hydroxylation is 1. The van der Waals surface area contributed by atoms with E-state index in [4.69, 9.17) is 4.74 Å². The standard InChI is InChI=1S/C27H27N3O3/c1-19-8-6-7-9-20(19)14-15-30(27(32)28-23-10-4-3-5-11-23)18-22-16-21-17-24(33-2)12-13-25(21)29-26(22)31/h3-13,16-17H,14-15,18H2,1-2H3,(H,28,32)(H,29,31). The maximum Gasteiger partial charge on any atom is 0.322 e. The number of methoxy groups -OCH3 is 1. The maximum absolute atomic E-state index is 13.2. The third kappa shape index (κ3) is 5.41. The fraction of sp³-hybridized carbons (Fsp3) is 0.185. The summed E-state index contributed by atoms with van der Waals surface area (Å²) in [5.74, 6) is 0.707. The van der Waals surface area contributed by atoms with E-state index in [9.17, 15) is 9.59 Å². The fourth-order valence-corrected chi connectivity index (χ4v) is 3.80. The van der Waals surface area contributed by atoms with Gasteiger partial charge in [0.2, 0.25) is 0 Å². The predicted molar refractivity (Wildman–Crippen MR) is 132 cm³/mol. The van der Waals surface area contributed by atoms with Gasteiger partial charge in [0.05, 0.1) is 13.7 Å². The molecule has 2 amide bonds. The Morgan fingerprint density at radius 2 is 1.73 bits per heavy atom. The summed E-state index contributed by atoms with van der Waals surface area (Å²) in [4.78, 5) is 30.6. The smallest absolute Gasteiger partial charge is 0.322 e. The number of fused-ring (bicyclic) bond motifs is 1. The summed E-state index contributed by atoms with van der Waals surface area (Å²) >= 11 is 0. The van der Waals surface area contributed by atoms with Crippen molar-refractivity contribution in [2.24, 2.45) is 0 Å². The van der Waals surface area contributed by atoms with E-state index in [1.54, 1.807) is 18.1 Å².